The average molecular weight is 603 g/mol. The summed E-state index contributed by atoms with van der Waals surface area (Å²) in [6, 6.07) is 16.1. The van der Waals surface area contributed by atoms with Gasteiger partial charge in [-0.2, -0.15) is 18.3 Å². The predicted molar refractivity (Wildman–Crippen MR) is 154 cm³/mol. The average Bonchev–Trinajstić information content (AvgIpc) is 3.34. The summed E-state index contributed by atoms with van der Waals surface area (Å²) in [7, 11) is 0. The van der Waals surface area contributed by atoms with Crippen molar-refractivity contribution in [2.75, 3.05) is 11.9 Å². The Balaban J connectivity index is 1.34. The number of alkyl halides is 3. The van der Waals surface area contributed by atoms with Gasteiger partial charge in [-0.15, -0.1) is 11.3 Å². The molecule has 0 spiro atoms. The minimum atomic E-state index is -4.45. The van der Waals surface area contributed by atoms with Crippen LogP contribution in [0.1, 0.15) is 34.9 Å². The van der Waals surface area contributed by atoms with E-state index in [1.54, 1.807) is 17.5 Å². The molecule has 1 aromatic heterocycles. The minimum absolute atomic E-state index is 0.0746. The van der Waals surface area contributed by atoms with Crippen molar-refractivity contribution in [1.82, 2.24) is 10.4 Å². The number of halogens is 4. The molecular formula is C29H26ClF3N4O3S. The summed E-state index contributed by atoms with van der Waals surface area (Å²) in [6.07, 6.45) is -3.09. The fourth-order valence-corrected chi connectivity index (χ4v) is 4.75. The maximum absolute atomic E-state index is 12.9. The number of carbonyl (C=O) groups is 1. The van der Waals surface area contributed by atoms with Gasteiger partial charge >= 0.3 is 6.18 Å². The molecule has 0 saturated heterocycles. The van der Waals surface area contributed by atoms with E-state index in [9.17, 15) is 18.0 Å². The predicted octanol–water partition coefficient (Wildman–Crippen LogP) is 7.54. The Bertz CT molecular complexity index is 1540. The summed E-state index contributed by atoms with van der Waals surface area (Å²) < 4.78 is 50.5. The highest BCUT2D eigenvalue weighted by Crippen LogP contribution is 2.37. The van der Waals surface area contributed by atoms with Gasteiger partial charge in [-0.1, -0.05) is 47.5 Å². The molecule has 3 aromatic carbocycles. The summed E-state index contributed by atoms with van der Waals surface area (Å²) in [5.41, 5.74) is 5.05. The van der Waals surface area contributed by atoms with E-state index in [2.05, 4.69) is 20.8 Å². The highest BCUT2D eigenvalue weighted by molar-refractivity contribution is 7.13. The van der Waals surface area contributed by atoms with E-state index in [1.165, 1.54) is 29.7 Å². The van der Waals surface area contributed by atoms with Crippen LogP contribution in [0.3, 0.4) is 0 Å². The molecule has 41 heavy (non-hydrogen) atoms. The third-order valence-corrected chi connectivity index (χ3v) is 6.62. The highest BCUT2D eigenvalue weighted by Gasteiger charge is 2.30. The second-order valence-corrected chi connectivity index (χ2v) is 10.1. The molecule has 0 aliphatic rings. The molecule has 4 rings (SSSR count). The van der Waals surface area contributed by atoms with Crippen molar-refractivity contribution < 1.29 is 27.4 Å². The fourth-order valence-electron chi connectivity index (χ4n) is 3.75. The zero-order valence-electron chi connectivity index (χ0n) is 22.1. The van der Waals surface area contributed by atoms with E-state index < -0.39 is 17.6 Å². The van der Waals surface area contributed by atoms with Crippen molar-refractivity contribution in [3.8, 4) is 11.5 Å². The van der Waals surface area contributed by atoms with Gasteiger partial charge < -0.3 is 14.8 Å². The Morgan fingerprint density at radius 2 is 1.93 bits per heavy atom. The number of nitrogens with zero attached hydrogens (tertiary/aromatic N) is 2. The van der Waals surface area contributed by atoms with Crippen LogP contribution >= 0.6 is 22.9 Å². The number of hydrogen-bond donors (Lipinski definition) is 2. The van der Waals surface area contributed by atoms with Crippen LogP contribution in [-0.2, 0) is 24.0 Å². The summed E-state index contributed by atoms with van der Waals surface area (Å²) in [5.74, 6) is 0.435. The van der Waals surface area contributed by atoms with Crippen LogP contribution in [-0.4, -0.2) is 23.7 Å². The highest BCUT2D eigenvalue weighted by atomic mass is 35.5. The van der Waals surface area contributed by atoms with Gasteiger partial charge in [0.2, 0.25) is 5.91 Å². The molecule has 0 radical (unpaired) electrons. The third kappa shape index (κ3) is 8.70. The van der Waals surface area contributed by atoms with Crippen molar-refractivity contribution in [3.63, 3.8) is 0 Å². The van der Waals surface area contributed by atoms with Gasteiger partial charge in [0.05, 0.1) is 35.5 Å². The first kappa shape index (κ1) is 29.9. The SMILES string of the molecule is CCOc1cc(/C=N\NC(=O)Cc2csc(Nc3cccc(C(F)(F)F)c3)n2)cc(Cl)c1OCc1cccc(C)c1. The van der Waals surface area contributed by atoms with Crippen LogP contribution in [0.25, 0.3) is 0 Å². The molecule has 4 aromatic rings. The Morgan fingerprint density at radius 1 is 1.12 bits per heavy atom. The standard InChI is InChI=1S/C29H26ClF3N4O3S/c1-3-39-25-12-20(11-24(30)27(25)40-16-19-7-4-6-18(2)10-19)15-34-37-26(38)14-23-17-41-28(36-23)35-22-9-5-8-21(13-22)29(31,32)33/h4-13,15,17H,3,14,16H2,1-2H3,(H,35,36)(H,37,38)/b34-15-. The molecule has 0 fully saturated rings. The largest absolute Gasteiger partial charge is 0.490 e. The molecule has 0 aliphatic heterocycles. The Morgan fingerprint density at radius 3 is 2.68 bits per heavy atom. The van der Waals surface area contributed by atoms with Crippen molar-refractivity contribution in [2.45, 2.75) is 33.1 Å². The molecule has 0 atom stereocenters. The lowest BCUT2D eigenvalue weighted by Gasteiger charge is -2.14. The van der Waals surface area contributed by atoms with Crippen molar-refractivity contribution in [1.29, 1.82) is 0 Å². The molecule has 2 N–H and O–H groups in total. The zero-order valence-corrected chi connectivity index (χ0v) is 23.7. The number of hydrogen-bond acceptors (Lipinski definition) is 7. The minimum Gasteiger partial charge on any atom is -0.490 e. The number of ether oxygens (including phenoxy) is 2. The number of rotatable bonds is 11. The first-order chi connectivity index (χ1) is 19.6. The number of carbonyl (C=O) groups excluding carboxylic acids is 1. The first-order valence-electron chi connectivity index (χ1n) is 12.5. The molecule has 0 aliphatic carbocycles. The van der Waals surface area contributed by atoms with Gasteiger partial charge in [-0.05, 0) is 55.3 Å². The van der Waals surface area contributed by atoms with Gasteiger partial charge in [0.15, 0.2) is 16.6 Å². The van der Waals surface area contributed by atoms with Crippen molar-refractivity contribution in [3.05, 3.63) is 99.0 Å². The normalized spacial score (nSPS) is 11.5. The molecule has 0 bridgehead atoms. The molecule has 0 unspecified atom stereocenters. The van der Waals surface area contributed by atoms with E-state index in [4.69, 9.17) is 21.1 Å². The number of thiazole rings is 1. The molecule has 214 valence electrons. The van der Waals surface area contributed by atoms with Crippen molar-refractivity contribution in [2.24, 2.45) is 5.10 Å². The van der Waals surface area contributed by atoms with Crippen LogP contribution < -0.4 is 20.2 Å². The van der Waals surface area contributed by atoms with E-state index in [0.717, 1.165) is 23.3 Å². The van der Waals surface area contributed by atoms with Crippen LogP contribution in [0.2, 0.25) is 5.02 Å². The van der Waals surface area contributed by atoms with Gasteiger partial charge in [-0.25, -0.2) is 10.4 Å². The number of benzene rings is 3. The van der Waals surface area contributed by atoms with E-state index in [-0.39, 0.29) is 12.1 Å². The van der Waals surface area contributed by atoms with Gasteiger partial charge in [0.25, 0.3) is 0 Å². The lowest BCUT2D eigenvalue weighted by atomic mass is 10.1. The molecule has 1 heterocycles. The van der Waals surface area contributed by atoms with E-state index >= 15 is 0 Å². The Hall–Kier alpha value is -4.09. The zero-order chi connectivity index (χ0) is 29.4. The van der Waals surface area contributed by atoms with Gasteiger partial charge in [0, 0.05) is 11.1 Å². The van der Waals surface area contributed by atoms with Crippen molar-refractivity contribution >= 4 is 45.9 Å². The maximum atomic E-state index is 12.9. The molecule has 12 heteroatoms. The Labute approximate surface area is 244 Å². The van der Waals surface area contributed by atoms with Crippen LogP contribution in [0, 0.1) is 6.92 Å². The lowest BCUT2D eigenvalue weighted by molar-refractivity contribution is -0.137. The second-order valence-electron chi connectivity index (χ2n) is 8.86. The fraction of sp³-hybridized carbons (Fsp3) is 0.207. The molecular weight excluding hydrogens is 577 g/mol. The van der Waals surface area contributed by atoms with Crippen LogP contribution in [0.15, 0.2) is 71.1 Å². The second kappa shape index (κ2) is 13.5. The smallest absolute Gasteiger partial charge is 0.416 e. The third-order valence-electron chi connectivity index (χ3n) is 5.53. The van der Waals surface area contributed by atoms with Gasteiger partial charge in [0.1, 0.15) is 6.61 Å². The Kier molecular flexibility index (Phi) is 9.85. The monoisotopic (exact) mass is 602 g/mol. The number of nitrogens with one attached hydrogen (secondary N) is 2. The van der Waals surface area contributed by atoms with E-state index in [0.29, 0.717) is 46.1 Å². The molecule has 1 amide bonds. The summed E-state index contributed by atoms with van der Waals surface area (Å²) in [5, 5.41) is 9.16. The summed E-state index contributed by atoms with van der Waals surface area (Å²) in [4.78, 5) is 16.6. The van der Waals surface area contributed by atoms with E-state index in [1.807, 2.05) is 38.1 Å². The molecule has 0 saturated carbocycles. The van der Waals surface area contributed by atoms with Crippen LogP contribution in [0.5, 0.6) is 11.5 Å². The number of hydrazone groups is 1. The number of aryl methyl sites for hydroxylation is 1. The quantitative estimate of drug-likeness (QED) is 0.137. The van der Waals surface area contributed by atoms with Gasteiger partial charge in [-0.3, -0.25) is 4.79 Å². The number of amides is 1. The topological polar surface area (TPSA) is 84.8 Å². The lowest BCUT2D eigenvalue weighted by Crippen LogP contribution is -2.20. The number of aromatic nitrogens is 1. The first-order valence-corrected chi connectivity index (χ1v) is 13.7. The number of anilines is 2. The molecule has 7 nitrogen and oxygen atoms in total. The maximum Gasteiger partial charge on any atom is 0.416 e. The van der Waals surface area contributed by atoms with Crippen LogP contribution in [0.4, 0.5) is 24.0 Å². The summed E-state index contributed by atoms with van der Waals surface area (Å²) >= 11 is 7.66. The summed E-state index contributed by atoms with van der Waals surface area (Å²) in [6.45, 7) is 4.56.